The van der Waals surface area contributed by atoms with Gasteiger partial charge in [-0.2, -0.15) is 5.10 Å². The Bertz CT molecular complexity index is 513. The molecule has 6 N–H and O–H groups in total. The first kappa shape index (κ1) is 11.7. The van der Waals surface area contributed by atoms with Crippen LogP contribution in [0, 0.1) is 0 Å². The molecule has 2 atom stereocenters. The van der Waals surface area contributed by atoms with Crippen LogP contribution in [0.5, 0.6) is 0 Å². The third kappa shape index (κ3) is 2.05. The standard InChI is InChI=1S/C9H14N6O2/c1-11-2-4(16)7(17)6-5-8(10)12-3-13-9(5)15-14-6/h3-4,7,11,16-17H,2H2,1H3,(H3,10,12,13,14,15). The molecule has 2 heterocycles. The van der Waals surface area contributed by atoms with Gasteiger partial charge in [0.05, 0.1) is 17.2 Å². The molecular formula is C9H14N6O2. The molecule has 17 heavy (non-hydrogen) atoms. The van der Waals surface area contributed by atoms with Gasteiger partial charge in [0.25, 0.3) is 0 Å². The highest BCUT2D eigenvalue weighted by atomic mass is 16.3. The number of aliphatic hydroxyl groups excluding tert-OH is 2. The van der Waals surface area contributed by atoms with Crippen LogP contribution in [0.25, 0.3) is 11.0 Å². The van der Waals surface area contributed by atoms with Gasteiger partial charge in [0.1, 0.15) is 18.2 Å². The van der Waals surface area contributed by atoms with E-state index in [1.807, 2.05) is 0 Å². The third-order valence-corrected chi connectivity index (χ3v) is 2.48. The molecule has 0 saturated carbocycles. The van der Waals surface area contributed by atoms with Crippen LogP contribution in [0.15, 0.2) is 6.33 Å². The van der Waals surface area contributed by atoms with E-state index in [1.54, 1.807) is 7.05 Å². The molecule has 0 bridgehead atoms. The number of aliphatic hydroxyl groups is 2. The van der Waals surface area contributed by atoms with Gasteiger partial charge in [-0.25, -0.2) is 9.97 Å². The van der Waals surface area contributed by atoms with Gasteiger partial charge in [0.2, 0.25) is 0 Å². The summed E-state index contributed by atoms with van der Waals surface area (Å²) in [6.45, 7) is 0.245. The van der Waals surface area contributed by atoms with Gasteiger partial charge in [-0.1, -0.05) is 0 Å². The molecule has 2 rings (SSSR count). The molecule has 0 saturated heterocycles. The smallest absolute Gasteiger partial charge is 0.186 e. The van der Waals surface area contributed by atoms with E-state index >= 15 is 0 Å². The number of nitrogens with two attached hydrogens (primary N) is 1. The summed E-state index contributed by atoms with van der Waals surface area (Å²) >= 11 is 0. The minimum absolute atomic E-state index is 0.217. The second-order valence-electron chi connectivity index (χ2n) is 3.66. The van der Waals surface area contributed by atoms with Gasteiger partial charge < -0.3 is 21.3 Å². The maximum Gasteiger partial charge on any atom is 0.186 e. The minimum atomic E-state index is -1.12. The van der Waals surface area contributed by atoms with Crippen LogP contribution in [-0.2, 0) is 0 Å². The first-order valence-electron chi connectivity index (χ1n) is 5.10. The lowest BCUT2D eigenvalue weighted by atomic mass is 10.1. The average molecular weight is 238 g/mol. The van der Waals surface area contributed by atoms with Crippen molar-refractivity contribution in [1.29, 1.82) is 0 Å². The Hall–Kier alpha value is -1.77. The summed E-state index contributed by atoms with van der Waals surface area (Å²) in [6, 6.07) is 0. The van der Waals surface area contributed by atoms with E-state index in [-0.39, 0.29) is 12.4 Å². The number of nitrogens with one attached hydrogen (secondary N) is 2. The zero-order valence-electron chi connectivity index (χ0n) is 9.25. The third-order valence-electron chi connectivity index (χ3n) is 2.48. The lowest BCUT2D eigenvalue weighted by Crippen LogP contribution is -2.29. The second kappa shape index (κ2) is 4.62. The van der Waals surface area contributed by atoms with Crippen molar-refractivity contribution >= 4 is 16.9 Å². The summed E-state index contributed by atoms with van der Waals surface area (Å²) in [5.74, 6) is 0.217. The fraction of sp³-hybridized carbons (Fsp3) is 0.444. The number of anilines is 1. The van der Waals surface area contributed by atoms with Crippen molar-refractivity contribution in [2.24, 2.45) is 0 Å². The predicted octanol–water partition coefficient (Wildman–Crippen LogP) is -1.45. The molecule has 0 fully saturated rings. The molecule has 2 aromatic rings. The largest absolute Gasteiger partial charge is 0.389 e. The normalized spacial score (nSPS) is 15.0. The van der Waals surface area contributed by atoms with Crippen LogP contribution in [-0.4, -0.2) is 50.1 Å². The summed E-state index contributed by atoms with van der Waals surface area (Å²) in [5.41, 5.74) is 6.38. The number of aromatic amines is 1. The summed E-state index contributed by atoms with van der Waals surface area (Å²) < 4.78 is 0. The van der Waals surface area contributed by atoms with E-state index in [2.05, 4.69) is 25.5 Å². The number of hydrogen-bond donors (Lipinski definition) is 5. The first-order chi connectivity index (χ1) is 8.15. The van der Waals surface area contributed by atoms with Crippen molar-refractivity contribution in [2.45, 2.75) is 12.2 Å². The maximum absolute atomic E-state index is 9.96. The van der Waals surface area contributed by atoms with Gasteiger partial charge >= 0.3 is 0 Å². The van der Waals surface area contributed by atoms with Crippen molar-refractivity contribution < 1.29 is 10.2 Å². The lowest BCUT2D eigenvalue weighted by molar-refractivity contribution is 0.0185. The summed E-state index contributed by atoms with van der Waals surface area (Å²) in [5, 5.41) is 29.4. The molecule has 2 unspecified atom stereocenters. The SMILES string of the molecule is CNCC(O)C(O)c1[nH]nc2ncnc(N)c12. The highest BCUT2D eigenvalue weighted by Crippen LogP contribution is 2.25. The van der Waals surface area contributed by atoms with Gasteiger partial charge in [0, 0.05) is 6.54 Å². The Morgan fingerprint density at radius 3 is 2.94 bits per heavy atom. The summed E-state index contributed by atoms with van der Waals surface area (Å²) in [7, 11) is 1.68. The van der Waals surface area contributed by atoms with E-state index in [9.17, 15) is 10.2 Å². The number of nitrogens with zero attached hydrogens (tertiary/aromatic N) is 3. The van der Waals surface area contributed by atoms with Crippen LogP contribution in [0.2, 0.25) is 0 Å². The molecule has 8 nitrogen and oxygen atoms in total. The number of aromatic nitrogens is 4. The van der Waals surface area contributed by atoms with Crippen molar-refractivity contribution in [1.82, 2.24) is 25.5 Å². The number of rotatable bonds is 4. The Morgan fingerprint density at radius 2 is 2.24 bits per heavy atom. The van der Waals surface area contributed by atoms with Gasteiger partial charge in [0.15, 0.2) is 5.65 Å². The van der Waals surface area contributed by atoms with Crippen molar-refractivity contribution in [2.75, 3.05) is 19.3 Å². The summed E-state index contributed by atoms with van der Waals surface area (Å²) in [4.78, 5) is 7.73. The van der Waals surface area contributed by atoms with Crippen molar-refractivity contribution in [3.05, 3.63) is 12.0 Å². The average Bonchev–Trinajstić information content (AvgIpc) is 2.73. The van der Waals surface area contributed by atoms with Crippen molar-refractivity contribution in [3.63, 3.8) is 0 Å². The number of nitrogen functional groups attached to an aromatic ring is 1. The zero-order valence-corrected chi connectivity index (χ0v) is 9.25. The topological polar surface area (TPSA) is 133 Å². The van der Waals surface area contributed by atoms with E-state index < -0.39 is 12.2 Å². The molecule has 2 aromatic heterocycles. The number of hydrogen-bond acceptors (Lipinski definition) is 7. The molecule has 0 aliphatic rings. The quantitative estimate of drug-likeness (QED) is 0.440. The Kier molecular flexibility index (Phi) is 3.18. The maximum atomic E-state index is 9.96. The number of likely N-dealkylation sites (N-methyl/N-ethyl adjacent to an activating group) is 1. The zero-order chi connectivity index (χ0) is 12.4. The van der Waals surface area contributed by atoms with Gasteiger partial charge in [-0.05, 0) is 7.05 Å². The van der Waals surface area contributed by atoms with Gasteiger partial charge in [-0.15, -0.1) is 0 Å². The number of H-pyrrole nitrogens is 1. The van der Waals surface area contributed by atoms with Crippen LogP contribution in [0.1, 0.15) is 11.8 Å². The first-order valence-corrected chi connectivity index (χ1v) is 5.10. The minimum Gasteiger partial charge on any atom is -0.389 e. The second-order valence-corrected chi connectivity index (χ2v) is 3.66. The van der Waals surface area contributed by atoms with E-state index in [4.69, 9.17) is 5.73 Å². The predicted molar refractivity (Wildman–Crippen MR) is 61.0 cm³/mol. The summed E-state index contributed by atoms with van der Waals surface area (Å²) in [6.07, 6.45) is -0.803. The van der Waals surface area contributed by atoms with Crippen LogP contribution in [0.4, 0.5) is 5.82 Å². The number of fused-ring (bicyclic) bond motifs is 1. The molecule has 0 spiro atoms. The van der Waals surface area contributed by atoms with Crippen LogP contribution < -0.4 is 11.1 Å². The Labute approximate surface area is 96.9 Å². The molecule has 0 aliphatic carbocycles. The molecule has 0 radical (unpaired) electrons. The highest BCUT2D eigenvalue weighted by molar-refractivity contribution is 5.87. The van der Waals surface area contributed by atoms with Crippen molar-refractivity contribution in [3.8, 4) is 0 Å². The Balaban J connectivity index is 2.42. The van der Waals surface area contributed by atoms with E-state index in [0.717, 1.165) is 0 Å². The Morgan fingerprint density at radius 1 is 1.47 bits per heavy atom. The lowest BCUT2D eigenvalue weighted by Gasteiger charge is -2.16. The molecular weight excluding hydrogens is 224 g/mol. The molecule has 0 aliphatic heterocycles. The van der Waals surface area contributed by atoms with E-state index in [0.29, 0.717) is 16.7 Å². The highest BCUT2D eigenvalue weighted by Gasteiger charge is 2.23. The molecule has 8 heteroatoms. The van der Waals surface area contributed by atoms with Crippen LogP contribution in [0.3, 0.4) is 0 Å². The molecule has 0 aromatic carbocycles. The van der Waals surface area contributed by atoms with Gasteiger partial charge in [-0.3, -0.25) is 5.10 Å². The monoisotopic (exact) mass is 238 g/mol. The van der Waals surface area contributed by atoms with Crippen LogP contribution >= 0.6 is 0 Å². The molecule has 0 amide bonds. The van der Waals surface area contributed by atoms with E-state index in [1.165, 1.54) is 6.33 Å². The fourth-order valence-electron chi connectivity index (χ4n) is 1.63. The fourth-order valence-corrected chi connectivity index (χ4v) is 1.63. The molecule has 92 valence electrons.